The van der Waals surface area contributed by atoms with Crippen LogP contribution in [0.5, 0.6) is 0 Å². The number of halogens is 3. The molecule has 1 fully saturated rings. The smallest absolute Gasteiger partial charge is 0.318 e. The number of carbonyl (C=O) groups excluding carboxylic acids is 2. The summed E-state index contributed by atoms with van der Waals surface area (Å²) in [4.78, 5) is 30.2. The van der Waals surface area contributed by atoms with Gasteiger partial charge < -0.3 is 14.4 Å². The van der Waals surface area contributed by atoms with Crippen molar-refractivity contribution in [3.63, 3.8) is 0 Å². The molecule has 2 heterocycles. The van der Waals surface area contributed by atoms with Crippen LogP contribution in [0.4, 0.5) is 13.2 Å². The van der Waals surface area contributed by atoms with Gasteiger partial charge in [0.2, 0.25) is 11.8 Å². The van der Waals surface area contributed by atoms with Crippen LogP contribution in [0.25, 0.3) is 11.0 Å². The van der Waals surface area contributed by atoms with Gasteiger partial charge in [-0.3, -0.25) is 9.59 Å². The molecule has 0 radical (unpaired) electrons. The van der Waals surface area contributed by atoms with Crippen molar-refractivity contribution in [2.75, 3.05) is 19.8 Å². The second-order valence-electron chi connectivity index (χ2n) is 5.70. The minimum Gasteiger partial charge on any atom is -0.318 e. The van der Waals surface area contributed by atoms with E-state index < -0.39 is 30.6 Å². The molecule has 2 aromatic rings. The van der Waals surface area contributed by atoms with Crippen molar-refractivity contribution in [3.05, 3.63) is 30.6 Å². The van der Waals surface area contributed by atoms with E-state index in [1.54, 1.807) is 23.6 Å². The molecule has 0 saturated carbocycles. The van der Waals surface area contributed by atoms with Crippen LogP contribution in [0.2, 0.25) is 0 Å². The normalized spacial score (nSPS) is 16.9. The molecule has 3 rings (SSSR count). The molecule has 128 valence electrons. The van der Waals surface area contributed by atoms with E-state index >= 15 is 0 Å². The quantitative estimate of drug-likeness (QED) is 0.856. The number of rotatable bonds is 3. The molecular weight excluding hydrogens is 325 g/mol. The van der Waals surface area contributed by atoms with Gasteiger partial charge in [-0.2, -0.15) is 13.2 Å². The maximum Gasteiger partial charge on any atom is 0.406 e. The summed E-state index contributed by atoms with van der Waals surface area (Å²) in [7, 11) is 0. The average molecular weight is 340 g/mol. The van der Waals surface area contributed by atoms with Gasteiger partial charge in [-0.1, -0.05) is 12.1 Å². The summed E-state index contributed by atoms with van der Waals surface area (Å²) < 4.78 is 39.0. The van der Waals surface area contributed by atoms with E-state index in [0.717, 1.165) is 10.4 Å². The van der Waals surface area contributed by atoms with Gasteiger partial charge in [0.1, 0.15) is 19.1 Å². The van der Waals surface area contributed by atoms with Crippen molar-refractivity contribution in [2.24, 2.45) is 0 Å². The number of amides is 2. The molecule has 2 amide bonds. The number of fused-ring (bicyclic) bond motifs is 1. The van der Waals surface area contributed by atoms with Crippen molar-refractivity contribution in [1.29, 1.82) is 0 Å². The first-order chi connectivity index (χ1) is 11.3. The van der Waals surface area contributed by atoms with Crippen LogP contribution in [0, 0.1) is 0 Å². The highest BCUT2D eigenvalue weighted by Gasteiger charge is 2.39. The second kappa shape index (κ2) is 5.81. The van der Waals surface area contributed by atoms with Gasteiger partial charge >= 0.3 is 6.18 Å². The van der Waals surface area contributed by atoms with Crippen LogP contribution in [-0.2, 0) is 9.59 Å². The lowest BCUT2D eigenvalue weighted by molar-refractivity contribution is -0.157. The maximum atomic E-state index is 12.6. The van der Waals surface area contributed by atoms with Gasteiger partial charge in [0.15, 0.2) is 0 Å². The Hall–Kier alpha value is -2.58. The summed E-state index contributed by atoms with van der Waals surface area (Å²) in [6.45, 7) is -0.411. The van der Waals surface area contributed by atoms with Crippen LogP contribution in [0.15, 0.2) is 30.6 Å². The molecule has 1 aromatic heterocycles. The molecule has 1 atom stereocenters. The Morgan fingerprint density at radius 2 is 2.04 bits per heavy atom. The Balaban J connectivity index is 1.76. The van der Waals surface area contributed by atoms with E-state index in [0.29, 0.717) is 10.4 Å². The summed E-state index contributed by atoms with van der Waals surface area (Å²) >= 11 is 0. The largest absolute Gasteiger partial charge is 0.406 e. The second-order valence-corrected chi connectivity index (χ2v) is 5.70. The van der Waals surface area contributed by atoms with Crippen LogP contribution >= 0.6 is 0 Å². The molecular formula is C15H15F3N4O2. The first-order valence-electron chi connectivity index (χ1n) is 7.31. The number of carbonyl (C=O) groups is 2. The minimum absolute atomic E-state index is 0.341. The maximum absolute atomic E-state index is 12.6. The van der Waals surface area contributed by atoms with Crippen LogP contribution in [-0.4, -0.2) is 57.1 Å². The number of hydrogen-bond donors (Lipinski definition) is 0. The molecule has 1 unspecified atom stereocenters. The third kappa shape index (κ3) is 3.06. The van der Waals surface area contributed by atoms with Crippen LogP contribution < -0.4 is 0 Å². The third-order valence-corrected chi connectivity index (χ3v) is 3.96. The predicted octanol–water partition coefficient (Wildman–Crippen LogP) is 1.79. The van der Waals surface area contributed by atoms with Gasteiger partial charge in [-0.05, 0) is 19.1 Å². The molecule has 0 bridgehead atoms. The topological polar surface area (TPSA) is 58.4 Å². The standard InChI is InChI=1S/C15H15F3N4O2/c1-10(22-8-19-11-4-2-3-5-12(11)22)14(24)20-6-13(23)21(9-20)7-15(16,17)18/h2-5,8,10H,6-7,9H2,1H3. The Labute approximate surface area is 135 Å². The van der Waals surface area contributed by atoms with Crippen molar-refractivity contribution in [3.8, 4) is 0 Å². The number of benzene rings is 1. The van der Waals surface area contributed by atoms with E-state index in [9.17, 15) is 22.8 Å². The Bertz CT molecular complexity index is 786. The van der Waals surface area contributed by atoms with E-state index in [-0.39, 0.29) is 13.2 Å². The lowest BCUT2D eigenvalue weighted by Gasteiger charge is -2.22. The summed E-state index contributed by atoms with van der Waals surface area (Å²) in [5.41, 5.74) is 1.46. The first kappa shape index (κ1) is 16.3. The highest BCUT2D eigenvalue weighted by Crippen LogP contribution is 2.23. The molecule has 0 aliphatic carbocycles. The molecule has 0 spiro atoms. The van der Waals surface area contributed by atoms with Crippen molar-refractivity contribution in [1.82, 2.24) is 19.4 Å². The third-order valence-electron chi connectivity index (χ3n) is 3.96. The molecule has 1 aliphatic rings. The van der Waals surface area contributed by atoms with Crippen molar-refractivity contribution >= 4 is 22.8 Å². The van der Waals surface area contributed by atoms with Crippen molar-refractivity contribution in [2.45, 2.75) is 19.1 Å². The SMILES string of the molecule is CC(C(=O)N1CC(=O)N(CC(F)(F)F)C1)n1cnc2ccccc21. The molecule has 0 N–H and O–H groups in total. The lowest BCUT2D eigenvalue weighted by atomic mass is 10.2. The molecule has 24 heavy (non-hydrogen) atoms. The van der Waals surface area contributed by atoms with E-state index in [1.807, 2.05) is 12.1 Å². The number of alkyl halides is 3. The Morgan fingerprint density at radius 1 is 1.33 bits per heavy atom. The molecule has 1 aromatic carbocycles. The zero-order chi connectivity index (χ0) is 17.5. The summed E-state index contributed by atoms with van der Waals surface area (Å²) in [5.74, 6) is -1.13. The van der Waals surface area contributed by atoms with Gasteiger partial charge in [0, 0.05) is 0 Å². The number of nitrogens with zero attached hydrogens (tertiary/aromatic N) is 4. The summed E-state index contributed by atoms with van der Waals surface area (Å²) in [6.07, 6.45) is -2.97. The van der Waals surface area contributed by atoms with Crippen molar-refractivity contribution < 1.29 is 22.8 Å². The average Bonchev–Trinajstić information content (AvgIpc) is 3.08. The number of aromatic nitrogens is 2. The van der Waals surface area contributed by atoms with E-state index in [4.69, 9.17) is 0 Å². The highest BCUT2D eigenvalue weighted by molar-refractivity contribution is 5.90. The van der Waals surface area contributed by atoms with E-state index in [1.165, 1.54) is 6.33 Å². The Morgan fingerprint density at radius 3 is 2.75 bits per heavy atom. The highest BCUT2D eigenvalue weighted by atomic mass is 19.4. The molecule has 1 saturated heterocycles. The van der Waals surface area contributed by atoms with E-state index in [2.05, 4.69) is 4.98 Å². The molecule has 9 heteroatoms. The summed E-state index contributed by atoms with van der Waals surface area (Å²) in [5, 5.41) is 0. The monoisotopic (exact) mass is 340 g/mol. The minimum atomic E-state index is -4.49. The first-order valence-corrected chi connectivity index (χ1v) is 7.31. The zero-order valence-electron chi connectivity index (χ0n) is 12.8. The van der Waals surface area contributed by atoms with Crippen LogP contribution in [0.3, 0.4) is 0 Å². The van der Waals surface area contributed by atoms with Gasteiger partial charge in [0.05, 0.1) is 24.0 Å². The van der Waals surface area contributed by atoms with Gasteiger partial charge in [-0.25, -0.2) is 4.98 Å². The number of imidazole rings is 1. The number of hydrogen-bond acceptors (Lipinski definition) is 3. The summed E-state index contributed by atoms with van der Waals surface area (Å²) in [6, 6.07) is 6.56. The fourth-order valence-corrected chi connectivity index (χ4v) is 2.77. The Kier molecular flexibility index (Phi) is 3.94. The molecule has 1 aliphatic heterocycles. The van der Waals surface area contributed by atoms with Gasteiger partial charge in [-0.15, -0.1) is 0 Å². The fourth-order valence-electron chi connectivity index (χ4n) is 2.77. The predicted molar refractivity (Wildman–Crippen MR) is 78.8 cm³/mol. The molecule has 6 nitrogen and oxygen atoms in total. The van der Waals surface area contributed by atoms with Gasteiger partial charge in [0.25, 0.3) is 0 Å². The fraction of sp³-hybridized carbons (Fsp3) is 0.400. The zero-order valence-corrected chi connectivity index (χ0v) is 12.8. The number of para-hydroxylation sites is 2. The van der Waals surface area contributed by atoms with Crippen LogP contribution in [0.1, 0.15) is 13.0 Å². The lowest BCUT2D eigenvalue weighted by Crippen LogP contribution is -2.38.